The van der Waals surface area contributed by atoms with E-state index in [0.29, 0.717) is 17.7 Å². The van der Waals surface area contributed by atoms with Crippen LogP contribution in [-0.4, -0.2) is 21.5 Å². The van der Waals surface area contributed by atoms with E-state index in [0.717, 1.165) is 42.4 Å². The number of hydrogen-bond donors (Lipinski definition) is 1. The predicted molar refractivity (Wildman–Crippen MR) is 129 cm³/mol. The van der Waals surface area contributed by atoms with Crippen LogP contribution < -0.4 is 9.46 Å². The van der Waals surface area contributed by atoms with Crippen molar-refractivity contribution in [1.29, 1.82) is 0 Å². The van der Waals surface area contributed by atoms with Crippen molar-refractivity contribution in [2.24, 2.45) is 0 Å². The van der Waals surface area contributed by atoms with Crippen LogP contribution in [0.4, 0.5) is 4.39 Å². The molecule has 0 bridgehead atoms. The van der Waals surface area contributed by atoms with Gasteiger partial charge >= 0.3 is 0 Å². The fourth-order valence-corrected chi connectivity index (χ4v) is 4.73. The van der Waals surface area contributed by atoms with Gasteiger partial charge < -0.3 is 4.74 Å². The average molecular weight is 460 g/mol. The molecule has 2 aromatic rings. The molecule has 1 fully saturated rings. The minimum atomic E-state index is -1.45. The molecule has 0 spiro atoms. The molecule has 32 heavy (non-hydrogen) atoms. The molecule has 1 atom stereocenters. The second kappa shape index (κ2) is 10.2. The molecule has 174 valence electrons. The molecule has 0 saturated heterocycles. The lowest BCUT2D eigenvalue weighted by Gasteiger charge is -2.26. The smallest absolute Gasteiger partial charge is 0.241 e. The van der Waals surface area contributed by atoms with Gasteiger partial charge in [-0.25, -0.2) is 8.60 Å². The molecule has 0 radical (unpaired) electrons. The van der Waals surface area contributed by atoms with Gasteiger partial charge in [0.15, 0.2) is 0 Å². The van der Waals surface area contributed by atoms with Gasteiger partial charge in [-0.05, 0) is 94.7 Å². The number of hydrogen-bond acceptors (Lipinski definition) is 3. The van der Waals surface area contributed by atoms with Crippen LogP contribution in [0.3, 0.4) is 0 Å². The maximum atomic E-state index is 14.6. The van der Waals surface area contributed by atoms with Gasteiger partial charge in [0.25, 0.3) is 0 Å². The van der Waals surface area contributed by atoms with Crippen LogP contribution in [-0.2, 0) is 27.6 Å². The fourth-order valence-electron chi connectivity index (χ4n) is 4.06. The number of nitrogens with one attached hydrogen (secondary N) is 1. The van der Waals surface area contributed by atoms with E-state index in [2.05, 4.69) is 4.72 Å². The van der Waals surface area contributed by atoms with E-state index in [1.807, 2.05) is 45.0 Å². The van der Waals surface area contributed by atoms with Gasteiger partial charge in [0, 0.05) is 10.8 Å². The van der Waals surface area contributed by atoms with E-state index in [9.17, 15) is 13.4 Å². The number of ether oxygens (including phenoxy) is 1. The van der Waals surface area contributed by atoms with Crippen molar-refractivity contribution in [3.05, 3.63) is 53.3 Å². The standard InChI is InChI=1S/C26H34FNO3S/c1-6-20-21(12-9-13-23(20)27)22-16-18(14-15-24(22)31-19-10-7-8-11-19)26(4,5)25(29)28-32(30)17(2)3/h9,12-17,19H,6-8,10-11H2,1-5H3,(H,28,29). The topological polar surface area (TPSA) is 55.4 Å². The van der Waals surface area contributed by atoms with Gasteiger partial charge in [-0.1, -0.05) is 25.1 Å². The third-order valence-corrected chi connectivity index (χ3v) is 7.49. The van der Waals surface area contributed by atoms with Crippen molar-refractivity contribution in [3.63, 3.8) is 0 Å². The lowest BCUT2D eigenvalue weighted by atomic mass is 9.82. The summed E-state index contributed by atoms with van der Waals surface area (Å²) in [5.41, 5.74) is 2.03. The molecule has 4 nitrogen and oxygen atoms in total. The van der Waals surface area contributed by atoms with Gasteiger partial charge in [0.2, 0.25) is 5.91 Å². The third kappa shape index (κ3) is 5.22. The fraction of sp³-hybridized carbons (Fsp3) is 0.500. The molecule has 0 aliphatic heterocycles. The summed E-state index contributed by atoms with van der Waals surface area (Å²) >= 11 is 0. The van der Waals surface area contributed by atoms with E-state index < -0.39 is 16.4 Å². The summed E-state index contributed by atoms with van der Waals surface area (Å²) in [6.45, 7) is 9.15. The first kappa shape index (κ1) is 24.4. The first-order chi connectivity index (χ1) is 15.1. The van der Waals surface area contributed by atoms with Crippen molar-refractivity contribution >= 4 is 16.9 Å². The van der Waals surface area contributed by atoms with Crippen molar-refractivity contribution in [1.82, 2.24) is 4.72 Å². The number of halogens is 1. The molecule has 1 saturated carbocycles. The van der Waals surface area contributed by atoms with E-state index in [1.165, 1.54) is 6.07 Å². The number of benzene rings is 2. The van der Waals surface area contributed by atoms with Crippen molar-refractivity contribution < 1.29 is 18.1 Å². The molecule has 2 aromatic carbocycles. The van der Waals surface area contributed by atoms with Crippen molar-refractivity contribution in [3.8, 4) is 16.9 Å². The van der Waals surface area contributed by atoms with Gasteiger partial charge in [-0.3, -0.25) is 9.52 Å². The highest BCUT2D eigenvalue weighted by Crippen LogP contribution is 2.39. The van der Waals surface area contributed by atoms with Crippen LogP contribution in [0.2, 0.25) is 0 Å². The molecular formula is C26H34FNO3S. The Morgan fingerprint density at radius 1 is 1.19 bits per heavy atom. The van der Waals surface area contributed by atoms with E-state index in [4.69, 9.17) is 4.74 Å². The summed E-state index contributed by atoms with van der Waals surface area (Å²) in [5.74, 6) is 0.157. The number of carbonyl (C=O) groups excluding carboxylic acids is 1. The Bertz CT molecular complexity index is 997. The monoisotopic (exact) mass is 459 g/mol. The number of rotatable bonds is 8. The second-order valence-corrected chi connectivity index (χ2v) is 11.0. The zero-order valence-electron chi connectivity index (χ0n) is 19.7. The number of amides is 1. The third-order valence-electron chi connectivity index (χ3n) is 6.25. The van der Waals surface area contributed by atoms with Crippen LogP contribution in [0.1, 0.15) is 71.4 Å². The van der Waals surface area contributed by atoms with E-state index >= 15 is 0 Å². The molecule has 1 amide bonds. The SMILES string of the molecule is CCc1c(F)cccc1-c1cc(C(C)(C)C(=O)NS(=O)C(C)C)ccc1OC1CCCC1. The maximum Gasteiger partial charge on any atom is 0.241 e. The quantitative estimate of drug-likeness (QED) is 0.539. The zero-order chi connectivity index (χ0) is 23.5. The van der Waals surface area contributed by atoms with Crippen molar-refractivity contribution in [2.45, 2.75) is 83.5 Å². The van der Waals surface area contributed by atoms with Gasteiger partial charge in [0.1, 0.15) is 22.6 Å². The molecule has 1 aliphatic carbocycles. The van der Waals surface area contributed by atoms with Crippen LogP contribution >= 0.6 is 0 Å². The molecule has 1 N–H and O–H groups in total. The average Bonchev–Trinajstić information content (AvgIpc) is 3.26. The normalized spacial score (nSPS) is 15.7. The zero-order valence-corrected chi connectivity index (χ0v) is 20.5. The predicted octanol–water partition coefficient (Wildman–Crippen LogP) is 5.84. The van der Waals surface area contributed by atoms with Crippen LogP contribution in [0, 0.1) is 5.82 Å². The highest BCUT2D eigenvalue weighted by atomic mass is 32.2. The minimum absolute atomic E-state index is 0.156. The van der Waals surface area contributed by atoms with Crippen molar-refractivity contribution in [2.75, 3.05) is 0 Å². The Labute approximate surface area is 193 Å². The second-order valence-electron chi connectivity index (χ2n) is 9.26. The van der Waals surface area contributed by atoms with Crippen LogP contribution in [0.15, 0.2) is 36.4 Å². The van der Waals surface area contributed by atoms with Gasteiger partial charge in [-0.15, -0.1) is 0 Å². The summed E-state index contributed by atoms with van der Waals surface area (Å²) in [6.07, 6.45) is 5.03. The first-order valence-electron chi connectivity index (χ1n) is 11.5. The minimum Gasteiger partial charge on any atom is -0.490 e. The molecule has 1 unspecified atom stereocenters. The first-order valence-corrected chi connectivity index (χ1v) is 12.7. The summed E-state index contributed by atoms with van der Waals surface area (Å²) in [7, 11) is -1.45. The molecule has 3 rings (SSSR count). The Balaban J connectivity index is 2.06. The highest BCUT2D eigenvalue weighted by molar-refractivity contribution is 7.84. The van der Waals surface area contributed by atoms with E-state index in [-0.39, 0.29) is 23.1 Å². The summed E-state index contributed by atoms with van der Waals surface area (Å²) in [4.78, 5) is 13.0. The van der Waals surface area contributed by atoms with Gasteiger partial charge in [0.05, 0.1) is 11.5 Å². The lowest BCUT2D eigenvalue weighted by Crippen LogP contribution is -2.42. The Morgan fingerprint density at radius 3 is 2.50 bits per heavy atom. The molecular weight excluding hydrogens is 425 g/mol. The summed E-state index contributed by atoms with van der Waals surface area (Å²) in [6, 6.07) is 10.8. The lowest BCUT2D eigenvalue weighted by molar-refractivity contribution is -0.123. The molecule has 1 aliphatic rings. The molecule has 0 aromatic heterocycles. The van der Waals surface area contributed by atoms with E-state index in [1.54, 1.807) is 19.9 Å². The van der Waals surface area contributed by atoms with Crippen LogP contribution in [0.25, 0.3) is 11.1 Å². The Hall–Kier alpha value is -2.21. The van der Waals surface area contributed by atoms with Crippen LogP contribution in [0.5, 0.6) is 5.75 Å². The summed E-state index contributed by atoms with van der Waals surface area (Å²) in [5, 5.41) is -0.174. The Morgan fingerprint density at radius 2 is 1.88 bits per heavy atom. The molecule has 6 heteroatoms. The Kier molecular flexibility index (Phi) is 7.75. The molecule has 0 heterocycles. The summed E-state index contributed by atoms with van der Waals surface area (Å²) < 4.78 is 35.8. The maximum absolute atomic E-state index is 14.6. The van der Waals surface area contributed by atoms with Gasteiger partial charge in [-0.2, -0.15) is 0 Å². The number of carbonyl (C=O) groups is 1. The largest absolute Gasteiger partial charge is 0.490 e. The highest BCUT2D eigenvalue weighted by Gasteiger charge is 2.32.